The molecule has 1 aliphatic rings. The van der Waals surface area contributed by atoms with Crippen molar-refractivity contribution in [3.8, 4) is 5.75 Å². The molecule has 0 unspecified atom stereocenters. The number of nitrogens with zero attached hydrogens (tertiary/aromatic N) is 4. The molecular formula is C25H40IN5O2. The summed E-state index contributed by atoms with van der Waals surface area (Å²) in [5.74, 6) is 4.24. The van der Waals surface area contributed by atoms with E-state index in [0.717, 1.165) is 81.2 Å². The van der Waals surface area contributed by atoms with Gasteiger partial charge >= 0.3 is 0 Å². The fourth-order valence-corrected chi connectivity index (χ4v) is 3.85. The minimum Gasteiger partial charge on any atom is -0.492 e. The van der Waals surface area contributed by atoms with Crippen LogP contribution >= 0.6 is 24.0 Å². The Bertz CT molecular complexity index is 841. The van der Waals surface area contributed by atoms with Gasteiger partial charge in [-0.25, -0.2) is 4.98 Å². The number of halogens is 1. The summed E-state index contributed by atoms with van der Waals surface area (Å²) in [5, 5.41) is 3.42. The molecule has 2 aromatic rings. The highest BCUT2D eigenvalue weighted by molar-refractivity contribution is 14.0. The Hall–Kier alpha value is -1.81. The van der Waals surface area contributed by atoms with E-state index in [1.54, 1.807) is 0 Å². The molecule has 1 aromatic carbocycles. The van der Waals surface area contributed by atoms with Crippen molar-refractivity contribution < 1.29 is 9.15 Å². The second-order valence-electron chi connectivity index (χ2n) is 8.75. The third kappa shape index (κ3) is 8.81. The van der Waals surface area contributed by atoms with Crippen molar-refractivity contribution in [2.24, 2.45) is 10.9 Å². The average molecular weight is 570 g/mol. The molecule has 0 bridgehead atoms. The van der Waals surface area contributed by atoms with Crippen LogP contribution < -0.4 is 10.1 Å². The molecule has 2 heterocycles. The maximum atomic E-state index is 5.88. The van der Waals surface area contributed by atoms with Gasteiger partial charge in [-0.15, -0.1) is 24.0 Å². The second-order valence-corrected chi connectivity index (χ2v) is 8.75. The number of guanidine groups is 1. The van der Waals surface area contributed by atoms with Crippen molar-refractivity contribution in [3.63, 3.8) is 0 Å². The Morgan fingerprint density at radius 2 is 1.91 bits per heavy atom. The van der Waals surface area contributed by atoms with E-state index in [1.807, 2.05) is 26.0 Å². The molecule has 0 aliphatic carbocycles. The van der Waals surface area contributed by atoms with Crippen LogP contribution in [0.1, 0.15) is 42.7 Å². The van der Waals surface area contributed by atoms with Crippen LogP contribution in [0.5, 0.6) is 5.75 Å². The summed E-state index contributed by atoms with van der Waals surface area (Å²) in [4.78, 5) is 14.0. The highest BCUT2D eigenvalue weighted by atomic mass is 127. The predicted molar refractivity (Wildman–Crippen MR) is 145 cm³/mol. The topological polar surface area (TPSA) is 66.1 Å². The standard InChI is InChI=1S/C25H39N5O2.HI/c1-6-26-25(29(5)15-16-31-23-9-7-19(2)8-10-23)27-17-22-11-13-30(14-12-22)18-24-28-20(3)21(4)32-24;/h7-10,22H,6,11-18H2,1-5H3,(H,26,27);1H. The van der Waals surface area contributed by atoms with E-state index in [9.17, 15) is 0 Å². The highest BCUT2D eigenvalue weighted by Crippen LogP contribution is 2.20. The van der Waals surface area contributed by atoms with Gasteiger partial charge in [-0.2, -0.15) is 0 Å². The maximum Gasteiger partial charge on any atom is 0.208 e. The molecule has 3 rings (SSSR count). The lowest BCUT2D eigenvalue weighted by Crippen LogP contribution is -2.41. The smallest absolute Gasteiger partial charge is 0.208 e. The van der Waals surface area contributed by atoms with E-state index in [-0.39, 0.29) is 24.0 Å². The number of rotatable bonds is 9. The molecule has 8 heteroatoms. The fraction of sp³-hybridized carbons (Fsp3) is 0.600. The first kappa shape index (κ1) is 27.4. The Morgan fingerprint density at radius 3 is 2.52 bits per heavy atom. The lowest BCUT2D eigenvalue weighted by Gasteiger charge is -2.30. The summed E-state index contributed by atoms with van der Waals surface area (Å²) in [6.45, 7) is 14.2. The van der Waals surface area contributed by atoms with Gasteiger partial charge in [-0.05, 0) is 71.7 Å². The minimum absolute atomic E-state index is 0. The third-order valence-electron chi connectivity index (χ3n) is 6.05. The van der Waals surface area contributed by atoms with E-state index in [4.69, 9.17) is 14.1 Å². The van der Waals surface area contributed by atoms with Crippen LogP contribution in [0, 0.1) is 26.7 Å². The largest absolute Gasteiger partial charge is 0.492 e. The van der Waals surface area contributed by atoms with Crippen LogP contribution in [-0.2, 0) is 6.54 Å². The van der Waals surface area contributed by atoms with E-state index >= 15 is 0 Å². The molecule has 184 valence electrons. The number of likely N-dealkylation sites (N-methyl/N-ethyl adjacent to an activating group) is 1. The summed E-state index contributed by atoms with van der Waals surface area (Å²) in [7, 11) is 2.07. The molecule has 1 saturated heterocycles. The number of hydrogen-bond donors (Lipinski definition) is 1. The monoisotopic (exact) mass is 569 g/mol. The molecule has 33 heavy (non-hydrogen) atoms. The lowest BCUT2D eigenvalue weighted by atomic mass is 9.97. The van der Waals surface area contributed by atoms with Gasteiger partial charge in [0.05, 0.1) is 18.8 Å². The zero-order valence-electron chi connectivity index (χ0n) is 20.8. The van der Waals surface area contributed by atoms with E-state index in [1.165, 1.54) is 5.56 Å². The summed E-state index contributed by atoms with van der Waals surface area (Å²) >= 11 is 0. The number of aryl methyl sites for hydroxylation is 3. The first-order valence-electron chi connectivity index (χ1n) is 11.8. The molecule has 7 nitrogen and oxygen atoms in total. The zero-order chi connectivity index (χ0) is 22.9. The molecule has 0 radical (unpaired) electrons. The number of ether oxygens (including phenoxy) is 1. The number of oxazole rings is 1. The average Bonchev–Trinajstić information content (AvgIpc) is 3.10. The van der Waals surface area contributed by atoms with Crippen LogP contribution in [0.2, 0.25) is 0 Å². The Labute approximate surface area is 216 Å². The first-order chi connectivity index (χ1) is 15.4. The number of hydrogen-bond acceptors (Lipinski definition) is 5. The summed E-state index contributed by atoms with van der Waals surface area (Å²) in [6, 6.07) is 8.18. The number of aliphatic imine (C=N–C) groups is 1. The van der Waals surface area contributed by atoms with Crippen LogP contribution in [0.15, 0.2) is 33.7 Å². The van der Waals surface area contributed by atoms with Gasteiger partial charge in [-0.3, -0.25) is 9.89 Å². The van der Waals surface area contributed by atoms with Crippen molar-refractivity contribution in [3.05, 3.63) is 47.2 Å². The van der Waals surface area contributed by atoms with Crippen molar-refractivity contribution in [2.45, 2.75) is 47.1 Å². The van der Waals surface area contributed by atoms with Gasteiger partial charge in [-0.1, -0.05) is 17.7 Å². The maximum absolute atomic E-state index is 5.88. The number of nitrogens with one attached hydrogen (secondary N) is 1. The fourth-order valence-electron chi connectivity index (χ4n) is 3.85. The van der Waals surface area contributed by atoms with Crippen molar-refractivity contribution in [1.82, 2.24) is 20.1 Å². The van der Waals surface area contributed by atoms with Gasteiger partial charge in [0.2, 0.25) is 5.89 Å². The van der Waals surface area contributed by atoms with Gasteiger partial charge in [0, 0.05) is 20.1 Å². The molecular weight excluding hydrogens is 529 g/mol. The number of aromatic nitrogens is 1. The van der Waals surface area contributed by atoms with E-state index in [0.29, 0.717) is 12.5 Å². The Morgan fingerprint density at radius 1 is 1.21 bits per heavy atom. The summed E-state index contributed by atoms with van der Waals surface area (Å²) in [5.41, 5.74) is 2.23. The molecule has 1 aromatic heterocycles. The van der Waals surface area contributed by atoms with Crippen LogP contribution in [-0.4, -0.2) is 67.1 Å². The highest BCUT2D eigenvalue weighted by Gasteiger charge is 2.21. The number of benzene rings is 1. The molecule has 0 spiro atoms. The second kappa shape index (κ2) is 13.8. The van der Waals surface area contributed by atoms with Crippen molar-refractivity contribution in [1.29, 1.82) is 0 Å². The normalized spacial score (nSPS) is 15.2. The lowest BCUT2D eigenvalue weighted by molar-refractivity contribution is 0.166. The summed E-state index contributed by atoms with van der Waals surface area (Å²) < 4.78 is 11.6. The quantitative estimate of drug-likeness (QED) is 0.274. The molecule has 0 atom stereocenters. The number of likely N-dealkylation sites (tertiary alicyclic amines) is 1. The van der Waals surface area contributed by atoms with Crippen LogP contribution in [0.25, 0.3) is 0 Å². The molecule has 0 saturated carbocycles. The van der Waals surface area contributed by atoms with Gasteiger partial charge < -0.3 is 19.4 Å². The zero-order valence-corrected chi connectivity index (χ0v) is 23.1. The third-order valence-corrected chi connectivity index (χ3v) is 6.05. The van der Waals surface area contributed by atoms with Gasteiger partial charge in [0.25, 0.3) is 0 Å². The number of piperidine rings is 1. The molecule has 1 aliphatic heterocycles. The Kier molecular flexibility index (Phi) is 11.5. The molecule has 0 amide bonds. The van der Waals surface area contributed by atoms with Crippen LogP contribution in [0.4, 0.5) is 0 Å². The minimum atomic E-state index is 0. The van der Waals surface area contributed by atoms with Crippen molar-refractivity contribution >= 4 is 29.9 Å². The Balaban J connectivity index is 0.00000385. The van der Waals surface area contributed by atoms with Crippen molar-refractivity contribution in [2.75, 3.05) is 46.4 Å². The molecule has 1 N–H and O–H groups in total. The SMILES string of the molecule is CCNC(=NCC1CCN(Cc2nc(C)c(C)o2)CC1)N(C)CCOc1ccc(C)cc1.I. The summed E-state index contributed by atoms with van der Waals surface area (Å²) in [6.07, 6.45) is 2.31. The van der Waals surface area contributed by atoms with Gasteiger partial charge in [0.1, 0.15) is 18.1 Å². The van der Waals surface area contributed by atoms with E-state index < -0.39 is 0 Å². The van der Waals surface area contributed by atoms with Crippen LogP contribution in [0.3, 0.4) is 0 Å². The molecule has 1 fully saturated rings. The van der Waals surface area contributed by atoms with E-state index in [2.05, 4.69) is 53.1 Å². The van der Waals surface area contributed by atoms with Gasteiger partial charge in [0.15, 0.2) is 5.96 Å². The first-order valence-corrected chi connectivity index (χ1v) is 11.8. The predicted octanol–water partition coefficient (Wildman–Crippen LogP) is 4.41.